The van der Waals surface area contributed by atoms with E-state index >= 15 is 0 Å². The van der Waals surface area contributed by atoms with E-state index in [-0.39, 0.29) is 11.6 Å². The third-order valence-electron chi connectivity index (χ3n) is 7.37. The van der Waals surface area contributed by atoms with Crippen LogP contribution in [0.1, 0.15) is 45.1 Å². The first-order valence-corrected chi connectivity index (χ1v) is 13.4. The minimum atomic E-state index is -0.353. The van der Waals surface area contributed by atoms with Gasteiger partial charge in [0, 0.05) is 42.0 Å². The van der Waals surface area contributed by atoms with E-state index in [1.165, 1.54) is 0 Å². The molecule has 0 spiro atoms. The quantitative estimate of drug-likeness (QED) is 0.269. The number of hydrogen-bond donors (Lipinski definition) is 1. The molecule has 1 aromatic carbocycles. The highest BCUT2D eigenvalue weighted by atomic mass is 35.5. The van der Waals surface area contributed by atoms with Crippen molar-refractivity contribution in [1.29, 1.82) is 0 Å². The standard InChI is InChI=1S/C28H32Cl2N6O/c1-6-36(7-2)28(5)15-35(16-28)24-11-8-19(13-32-24)27-21-12-20(9-10-23(21)33-34-27)37-18(4)25-22(29)14-31-17(3)26(25)30/h8-14,18H,6-7,15-16H2,1-5H3,(H,33,34)/t18-/m1/s1. The van der Waals surface area contributed by atoms with Crippen LogP contribution in [0.25, 0.3) is 22.2 Å². The minimum Gasteiger partial charge on any atom is -0.486 e. The van der Waals surface area contributed by atoms with E-state index in [4.69, 9.17) is 32.9 Å². The molecule has 9 heteroatoms. The molecule has 37 heavy (non-hydrogen) atoms. The lowest BCUT2D eigenvalue weighted by Gasteiger charge is -2.54. The highest BCUT2D eigenvalue weighted by Crippen LogP contribution is 2.36. The smallest absolute Gasteiger partial charge is 0.128 e. The van der Waals surface area contributed by atoms with Crippen molar-refractivity contribution < 1.29 is 4.74 Å². The summed E-state index contributed by atoms with van der Waals surface area (Å²) in [4.78, 5) is 13.8. The Hall–Kier alpha value is -2.87. The van der Waals surface area contributed by atoms with Crippen molar-refractivity contribution in [2.24, 2.45) is 0 Å². The molecule has 1 N–H and O–H groups in total. The SMILES string of the molecule is CCN(CC)C1(C)CN(c2ccc(-c3n[nH]c4ccc(O[C@H](C)c5c(Cl)cnc(C)c5Cl)cc34)cn2)C1. The summed E-state index contributed by atoms with van der Waals surface area (Å²) in [5, 5.41) is 9.66. The normalized spacial score (nSPS) is 15.7. The maximum absolute atomic E-state index is 6.48. The zero-order valence-corrected chi connectivity index (χ0v) is 23.4. The van der Waals surface area contributed by atoms with Gasteiger partial charge < -0.3 is 9.64 Å². The number of H-pyrrole nitrogens is 1. The number of nitrogens with one attached hydrogen (secondary N) is 1. The number of fused-ring (bicyclic) bond motifs is 1. The Morgan fingerprint density at radius 3 is 2.54 bits per heavy atom. The van der Waals surface area contributed by atoms with Gasteiger partial charge in [-0.25, -0.2) is 4.98 Å². The Labute approximate surface area is 227 Å². The van der Waals surface area contributed by atoms with Crippen LogP contribution in [0.5, 0.6) is 5.75 Å². The molecule has 5 rings (SSSR count). The largest absolute Gasteiger partial charge is 0.486 e. The van der Waals surface area contributed by atoms with E-state index in [1.807, 2.05) is 38.2 Å². The summed E-state index contributed by atoms with van der Waals surface area (Å²) in [6.45, 7) is 14.6. The van der Waals surface area contributed by atoms with Crippen LogP contribution >= 0.6 is 23.2 Å². The molecule has 0 amide bonds. The van der Waals surface area contributed by atoms with Crippen LogP contribution < -0.4 is 9.64 Å². The summed E-state index contributed by atoms with van der Waals surface area (Å²) >= 11 is 12.9. The number of pyridine rings is 2. The third kappa shape index (κ3) is 4.76. The number of ether oxygens (including phenoxy) is 1. The van der Waals surface area contributed by atoms with Crippen LogP contribution in [0.2, 0.25) is 10.0 Å². The van der Waals surface area contributed by atoms with Crippen molar-refractivity contribution in [2.45, 2.75) is 46.3 Å². The predicted molar refractivity (Wildman–Crippen MR) is 151 cm³/mol. The van der Waals surface area contributed by atoms with Gasteiger partial charge in [0.2, 0.25) is 0 Å². The average Bonchev–Trinajstić information content (AvgIpc) is 3.29. The van der Waals surface area contributed by atoms with Crippen molar-refractivity contribution in [3.8, 4) is 17.0 Å². The molecule has 194 valence electrons. The van der Waals surface area contributed by atoms with Gasteiger partial charge in [0.05, 0.1) is 26.8 Å². The lowest BCUT2D eigenvalue weighted by Crippen LogP contribution is -2.68. The first kappa shape index (κ1) is 25.8. The number of likely N-dealkylation sites (N-methyl/N-ethyl adjacent to an activating group) is 1. The number of aryl methyl sites for hydroxylation is 1. The van der Waals surface area contributed by atoms with Crippen LogP contribution in [0.15, 0.2) is 42.7 Å². The molecule has 1 aliphatic heterocycles. The Balaban J connectivity index is 1.35. The molecule has 1 saturated heterocycles. The summed E-state index contributed by atoms with van der Waals surface area (Å²) in [5.74, 6) is 1.69. The molecule has 0 radical (unpaired) electrons. The molecule has 7 nitrogen and oxygen atoms in total. The van der Waals surface area contributed by atoms with Crippen molar-refractivity contribution in [1.82, 2.24) is 25.1 Å². The van der Waals surface area contributed by atoms with Crippen molar-refractivity contribution in [3.05, 3.63) is 64.0 Å². The molecule has 0 bridgehead atoms. The zero-order valence-electron chi connectivity index (χ0n) is 21.8. The molecule has 1 aliphatic rings. The number of nitrogens with zero attached hydrogens (tertiary/aromatic N) is 5. The summed E-state index contributed by atoms with van der Waals surface area (Å²) in [6.07, 6.45) is 3.15. The lowest BCUT2D eigenvalue weighted by molar-refractivity contribution is 0.0857. The molecular formula is C28H32Cl2N6O. The molecule has 4 aromatic rings. The fourth-order valence-corrected chi connectivity index (χ4v) is 5.99. The van der Waals surface area contributed by atoms with Crippen molar-refractivity contribution >= 4 is 39.9 Å². The average molecular weight is 540 g/mol. The summed E-state index contributed by atoms with van der Waals surface area (Å²) in [6, 6.07) is 10.0. The summed E-state index contributed by atoms with van der Waals surface area (Å²) in [5.41, 5.74) is 4.36. The topological polar surface area (TPSA) is 70.2 Å². The molecule has 4 heterocycles. The highest BCUT2D eigenvalue weighted by Gasteiger charge is 2.42. The molecule has 0 aliphatic carbocycles. The van der Waals surface area contributed by atoms with Gasteiger partial charge in [0.15, 0.2) is 0 Å². The van der Waals surface area contributed by atoms with Crippen LogP contribution in [-0.2, 0) is 0 Å². The third-order valence-corrected chi connectivity index (χ3v) is 8.15. The van der Waals surface area contributed by atoms with Gasteiger partial charge in [-0.05, 0) is 64.2 Å². The molecular weight excluding hydrogens is 507 g/mol. The van der Waals surface area contributed by atoms with Gasteiger partial charge in [-0.1, -0.05) is 37.0 Å². The Kier molecular flexibility index (Phi) is 7.05. The fourth-order valence-electron chi connectivity index (χ4n) is 5.34. The van der Waals surface area contributed by atoms with E-state index in [0.717, 1.165) is 65.4 Å². The number of aromatic nitrogens is 4. The first-order valence-electron chi connectivity index (χ1n) is 12.7. The minimum absolute atomic E-state index is 0.208. The van der Waals surface area contributed by atoms with Gasteiger partial charge in [-0.2, -0.15) is 5.10 Å². The first-order chi connectivity index (χ1) is 17.7. The predicted octanol–water partition coefficient (Wildman–Crippen LogP) is 6.70. The van der Waals surface area contributed by atoms with Gasteiger partial charge in [-0.15, -0.1) is 0 Å². The Morgan fingerprint density at radius 1 is 1.11 bits per heavy atom. The Bertz CT molecular complexity index is 1410. The summed E-state index contributed by atoms with van der Waals surface area (Å²) in [7, 11) is 0. The monoisotopic (exact) mass is 538 g/mol. The van der Waals surface area contributed by atoms with Gasteiger partial charge >= 0.3 is 0 Å². The number of halogens is 2. The number of hydrogen-bond acceptors (Lipinski definition) is 6. The molecule has 1 atom stereocenters. The maximum Gasteiger partial charge on any atom is 0.128 e. The van der Waals surface area contributed by atoms with E-state index in [0.29, 0.717) is 15.8 Å². The molecule has 1 fully saturated rings. The highest BCUT2D eigenvalue weighted by molar-refractivity contribution is 6.36. The van der Waals surface area contributed by atoms with Crippen LogP contribution in [0.4, 0.5) is 5.82 Å². The van der Waals surface area contributed by atoms with E-state index in [2.05, 4.69) is 57.9 Å². The van der Waals surface area contributed by atoms with Crippen LogP contribution in [0.3, 0.4) is 0 Å². The van der Waals surface area contributed by atoms with Crippen LogP contribution in [0, 0.1) is 6.92 Å². The zero-order chi connectivity index (χ0) is 26.3. The fraction of sp³-hybridized carbons (Fsp3) is 0.393. The van der Waals surface area contributed by atoms with E-state index in [9.17, 15) is 0 Å². The second-order valence-electron chi connectivity index (χ2n) is 9.89. The molecule has 0 saturated carbocycles. The number of anilines is 1. The molecule has 0 unspecified atom stereocenters. The second-order valence-corrected chi connectivity index (χ2v) is 10.7. The Morgan fingerprint density at radius 2 is 1.86 bits per heavy atom. The van der Waals surface area contributed by atoms with Gasteiger partial charge in [-0.3, -0.25) is 15.0 Å². The summed E-state index contributed by atoms with van der Waals surface area (Å²) < 4.78 is 6.25. The van der Waals surface area contributed by atoms with Gasteiger partial charge in [0.25, 0.3) is 0 Å². The number of rotatable bonds is 8. The maximum atomic E-state index is 6.48. The van der Waals surface area contributed by atoms with Gasteiger partial charge in [0.1, 0.15) is 23.4 Å². The van der Waals surface area contributed by atoms with Crippen molar-refractivity contribution in [2.75, 3.05) is 31.1 Å². The number of benzene rings is 1. The number of aromatic amines is 1. The van der Waals surface area contributed by atoms with Crippen molar-refractivity contribution in [3.63, 3.8) is 0 Å². The van der Waals surface area contributed by atoms with E-state index in [1.54, 1.807) is 6.20 Å². The van der Waals surface area contributed by atoms with E-state index < -0.39 is 0 Å². The lowest BCUT2D eigenvalue weighted by atomic mass is 9.89. The second kappa shape index (κ2) is 10.1. The molecule has 3 aromatic heterocycles. The van der Waals surface area contributed by atoms with Crippen LogP contribution in [-0.4, -0.2) is 56.8 Å².